The van der Waals surface area contributed by atoms with Crippen molar-refractivity contribution in [3.05, 3.63) is 46.9 Å². The molecular formula is C13H10ClFN2O2S. The molecule has 0 unspecified atom stereocenters. The summed E-state index contributed by atoms with van der Waals surface area (Å²) in [4.78, 5) is 16.3. The number of halogens is 2. The molecule has 0 atom stereocenters. The summed E-state index contributed by atoms with van der Waals surface area (Å²) in [5, 5.41) is 9.03. The number of carboxylic acids is 1. The first-order valence-electron chi connectivity index (χ1n) is 5.54. The molecule has 2 aromatic heterocycles. The third-order valence-corrected chi connectivity index (χ3v) is 4.04. The second-order valence-corrected chi connectivity index (χ2v) is 5.08. The van der Waals surface area contributed by atoms with Crippen molar-refractivity contribution in [1.82, 2.24) is 9.38 Å². The largest absolute Gasteiger partial charge is 0.477 e. The van der Waals surface area contributed by atoms with Gasteiger partial charge in [0, 0.05) is 17.5 Å². The van der Waals surface area contributed by atoms with Crippen LogP contribution in [-0.2, 0) is 0 Å². The van der Waals surface area contributed by atoms with Gasteiger partial charge in [0.1, 0.15) is 10.7 Å². The summed E-state index contributed by atoms with van der Waals surface area (Å²) in [7, 11) is 0. The number of hydrogen-bond donors (Lipinski definition) is 1. The number of thiazole rings is 1. The van der Waals surface area contributed by atoms with E-state index in [0.717, 1.165) is 16.9 Å². The number of benzene rings is 1. The number of carbonyl (C=O) groups is 1. The number of rotatable bonds is 2. The van der Waals surface area contributed by atoms with Gasteiger partial charge in [0.15, 0.2) is 4.96 Å². The summed E-state index contributed by atoms with van der Waals surface area (Å²) in [6.07, 6.45) is 1.76. The topological polar surface area (TPSA) is 54.6 Å². The van der Waals surface area contributed by atoms with E-state index in [4.69, 9.17) is 5.11 Å². The number of aryl methyl sites for hydroxylation is 1. The van der Waals surface area contributed by atoms with Crippen LogP contribution in [0.1, 0.15) is 15.4 Å². The summed E-state index contributed by atoms with van der Waals surface area (Å²) in [5.74, 6) is -1.24. The number of nitrogens with zero attached hydrogens (tertiary/aromatic N) is 2. The predicted molar refractivity (Wildman–Crippen MR) is 77.4 cm³/mol. The average Bonchev–Trinajstić information content (AvgIpc) is 2.90. The van der Waals surface area contributed by atoms with Gasteiger partial charge in [-0.2, -0.15) is 0 Å². The fourth-order valence-corrected chi connectivity index (χ4v) is 2.86. The van der Waals surface area contributed by atoms with Gasteiger partial charge in [-0.3, -0.25) is 4.40 Å². The summed E-state index contributed by atoms with van der Waals surface area (Å²) in [6, 6.07) is 6.04. The summed E-state index contributed by atoms with van der Waals surface area (Å²) in [6.45, 7) is 1.74. The van der Waals surface area contributed by atoms with Crippen molar-refractivity contribution < 1.29 is 14.3 Å². The Bertz CT molecular complexity index is 780. The Morgan fingerprint density at radius 3 is 2.55 bits per heavy atom. The molecule has 0 bridgehead atoms. The lowest BCUT2D eigenvalue weighted by Crippen LogP contribution is -1.96. The molecule has 7 heteroatoms. The first kappa shape index (κ1) is 14.5. The van der Waals surface area contributed by atoms with E-state index in [-0.39, 0.29) is 23.1 Å². The number of carboxylic acid groups (broad SMARTS) is 1. The first-order valence-corrected chi connectivity index (χ1v) is 6.35. The molecule has 0 aliphatic heterocycles. The van der Waals surface area contributed by atoms with Gasteiger partial charge in [-0.15, -0.1) is 12.4 Å². The molecule has 1 N–H and O–H groups in total. The van der Waals surface area contributed by atoms with Crippen molar-refractivity contribution in [2.24, 2.45) is 0 Å². The third-order valence-electron chi connectivity index (χ3n) is 2.89. The molecule has 104 valence electrons. The lowest BCUT2D eigenvalue weighted by molar-refractivity contribution is 0.0701. The van der Waals surface area contributed by atoms with Crippen LogP contribution in [-0.4, -0.2) is 20.5 Å². The zero-order chi connectivity index (χ0) is 13.6. The van der Waals surface area contributed by atoms with Crippen molar-refractivity contribution in [2.45, 2.75) is 6.92 Å². The van der Waals surface area contributed by atoms with E-state index < -0.39 is 5.97 Å². The Kier molecular flexibility index (Phi) is 3.78. The lowest BCUT2D eigenvalue weighted by atomic mass is 10.2. The Labute approximate surface area is 123 Å². The van der Waals surface area contributed by atoms with Crippen LogP contribution in [0.3, 0.4) is 0 Å². The number of imidazole rings is 1. The van der Waals surface area contributed by atoms with Gasteiger partial charge in [0.25, 0.3) is 0 Å². The van der Waals surface area contributed by atoms with Gasteiger partial charge in [-0.25, -0.2) is 14.2 Å². The van der Waals surface area contributed by atoms with Crippen molar-refractivity contribution in [1.29, 1.82) is 0 Å². The van der Waals surface area contributed by atoms with Crippen LogP contribution in [0.15, 0.2) is 30.5 Å². The smallest absolute Gasteiger partial charge is 0.347 e. The van der Waals surface area contributed by atoms with E-state index in [2.05, 4.69) is 4.98 Å². The highest BCUT2D eigenvalue weighted by Gasteiger charge is 2.16. The fraction of sp³-hybridized carbons (Fsp3) is 0.0769. The van der Waals surface area contributed by atoms with Crippen molar-refractivity contribution in [3.8, 4) is 11.3 Å². The highest BCUT2D eigenvalue weighted by Crippen LogP contribution is 2.27. The molecule has 0 saturated carbocycles. The number of hydrogen-bond acceptors (Lipinski definition) is 3. The molecule has 0 spiro atoms. The van der Waals surface area contributed by atoms with E-state index in [0.29, 0.717) is 16.3 Å². The lowest BCUT2D eigenvalue weighted by Gasteiger charge is -1.95. The third kappa shape index (κ3) is 2.28. The molecule has 0 amide bonds. The molecule has 3 rings (SSSR count). The molecule has 1 aromatic carbocycles. The highest BCUT2D eigenvalue weighted by molar-refractivity contribution is 7.19. The van der Waals surface area contributed by atoms with Gasteiger partial charge in [0.2, 0.25) is 0 Å². The highest BCUT2D eigenvalue weighted by atomic mass is 35.5. The SMILES string of the molecule is Cc1c(C(=O)O)sc2nc(-c3ccc(F)cc3)cn12.Cl. The molecule has 0 fully saturated rings. The molecule has 20 heavy (non-hydrogen) atoms. The summed E-state index contributed by atoms with van der Waals surface area (Å²) in [5.41, 5.74) is 2.15. The van der Waals surface area contributed by atoms with Crippen LogP contribution in [0.4, 0.5) is 4.39 Å². The Morgan fingerprint density at radius 2 is 2.00 bits per heavy atom. The van der Waals surface area contributed by atoms with Crippen LogP contribution in [0.5, 0.6) is 0 Å². The molecular weight excluding hydrogens is 303 g/mol. The zero-order valence-corrected chi connectivity index (χ0v) is 12.0. The monoisotopic (exact) mass is 312 g/mol. The van der Waals surface area contributed by atoms with Gasteiger partial charge in [-0.05, 0) is 31.2 Å². The minimum atomic E-state index is -0.948. The molecule has 0 radical (unpaired) electrons. The molecule has 0 aliphatic carbocycles. The van der Waals surface area contributed by atoms with E-state index in [1.54, 1.807) is 29.7 Å². The maximum atomic E-state index is 12.9. The van der Waals surface area contributed by atoms with Crippen molar-refractivity contribution in [3.63, 3.8) is 0 Å². The van der Waals surface area contributed by atoms with Crippen molar-refractivity contribution in [2.75, 3.05) is 0 Å². The fourth-order valence-electron chi connectivity index (χ4n) is 1.91. The van der Waals surface area contributed by atoms with Crippen LogP contribution in [0.2, 0.25) is 0 Å². The van der Waals surface area contributed by atoms with Crippen LogP contribution in [0.25, 0.3) is 16.2 Å². The molecule has 3 aromatic rings. The number of aromatic nitrogens is 2. The van der Waals surface area contributed by atoms with Crippen LogP contribution < -0.4 is 0 Å². The average molecular weight is 313 g/mol. The van der Waals surface area contributed by atoms with Gasteiger partial charge >= 0.3 is 5.97 Å². The summed E-state index contributed by atoms with van der Waals surface area (Å²) >= 11 is 1.13. The standard InChI is InChI=1S/C13H9FN2O2S.ClH/c1-7-11(12(17)18)19-13-15-10(6-16(7)13)8-2-4-9(14)5-3-8;/h2-6H,1H3,(H,17,18);1H. The van der Waals surface area contributed by atoms with Crippen LogP contribution >= 0.6 is 23.7 Å². The Hall–Kier alpha value is -1.92. The zero-order valence-electron chi connectivity index (χ0n) is 10.3. The Balaban J connectivity index is 0.00000147. The predicted octanol–water partition coefficient (Wildman–Crippen LogP) is 3.63. The second-order valence-electron chi connectivity index (χ2n) is 4.11. The molecule has 4 nitrogen and oxygen atoms in total. The van der Waals surface area contributed by atoms with Gasteiger partial charge in [-0.1, -0.05) is 11.3 Å². The second kappa shape index (κ2) is 5.22. The first-order chi connectivity index (χ1) is 9.06. The summed E-state index contributed by atoms with van der Waals surface area (Å²) < 4.78 is 14.6. The van der Waals surface area contributed by atoms with E-state index >= 15 is 0 Å². The van der Waals surface area contributed by atoms with Crippen LogP contribution in [0, 0.1) is 12.7 Å². The van der Waals surface area contributed by atoms with Crippen molar-refractivity contribution >= 4 is 34.7 Å². The van der Waals surface area contributed by atoms with E-state index in [1.807, 2.05) is 0 Å². The van der Waals surface area contributed by atoms with E-state index in [9.17, 15) is 9.18 Å². The van der Waals surface area contributed by atoms with Gasteiger partial charge in [0.05, 0.1) is 5.69 Å². The normalized spacial score (nSPS) is 10.5. The minimum absolute atomic E-state index is 0. The molecule has 0 saturated heterocycles. The number of aromatic carboxylic acids is 1. The van der Waals surface area contributed by atoms with E-state index in [1.165, 1.54) is 12.1 Å². The maximum Gasteiger partial charge on any atom is 0.347 e. The molecule has 2 heterocycles. The van der Waals surface area contributed by atoms with Gasteiger partial charge < -0.3 is 5.11 Å². The maximum absolute atomic E-state index is 12.9. The minimum Gasteiger partial charge on any atom is -0.477 e. The molecule has 0 aliphatic rings. The number of fused-ring (bicyclic) bond motifs is 1. The Morgan fingerprint density at radius 1 is 1.35 bits per heavy atom. The quantitative estimate of drug-likeness (QED) is 0.786.